The molecule has 1 amide bonds. The average molecular weight is 277 g/mol. The lowest BCUT2D eigenvalue weighted by molar-refractivity contribution is 0.0935. The molecule has 0 saturated heterocycles. The van der Waals surface area contributed by atoms with Gasteiger partial charge in [0, 0.05) is 12.0 Å². The van der Waals surface area contributed by atoms with Gasteiger partial charge in [0.1, 0.15) is 10.6 Å². The van der Waals surface area contributed by atoms with E-state index in [9.17, 15) is 4.79 Å². The van der Waals surface area contributed by atoms with Crippen LogP contribution in [-0.4, -0.2) is 10.9 Å². The molecule has 5 nitrogen and oxygen atoms in total. The van der Waals surface area contributed by atoms with Crippen molar-refractivity contribution < 1.29 is 9.21 Å². The molecular weight excluding hydrogens is 262 g/mol. The first-order valence-corrected chi connectivity index (χ1v) is 7.07. The molecule has 1 aliphatic carbocycles. The predicted octanol–water partition coefficient (Wildman–Crippen LogP) is 2.43. The maximum Gasteiger partial charge on any atom is 0.263 e. The summed E-state index contributed by atoms with van der Waals surface area (Å²) in [6.45, 7) is 1.80. The molecule has 1 unspecified atom stereocenters. The smallest absolute Gasteiger partial charge is 0.263 e. The molecule has 19 heavy (non-hydrogen) atoms. The van der Waals surface area contributed by atoms with E-state index >= 15 is 0 Å². The summed E-state index contributed by atoms with van der Waals surface area (Å²) in [6, 6.07) is 1.96. The highest BCUT2D eigenvalue weighted by Gasteiger charge is 2.25. The Labute approximate surface area is 114 Å². The lowest BCUT2D eigenvalue weighted by Gasteiger charge is -2.22. The van der Waals surface area contributed by atoms with Crippen LogP contribution >= 0.6 is 11.3 Å². The summed E-state index contributed by atoms with van der Waals surface area (Å²) in [5, 5.41) is 3.47. The lowest BCUT2D eigenvalue weighted by Crippen LogP contribution is -2.30. The normalized spacial score (nSPS) is 18.1. The average Bonchev–Trinajstić information content (AvgIpc) is 2.96. The van der Waals surface area contributed by atoms with Crippen molar-refractivity contribution in [3.63, 3.8) is 0 Å². The van der Waals surface area contributed by atoms with Gasteiger partial charge in [-0.2, -0.15) is 0 Å². The molecule has 0 aliphatic heterocycles. The number of aryl methyl sites for hydroxylation is 2. The second-order valence-electron chi connectivity index (χ2n) is 4.68. The first-order valence-electron chi connectivity index (χ1n) is 6.25. The van der Waals surface area contributed by atoms with Gasteiger partial charge in [-0.3, -0.25) is 4.79 Å². The Morgan fingerprint density at radius 3 is 3.21 bits per heavy atom. The third kappa shape index (κ3) is 2.23. The number of nitrogens with one attached hydrogen (secondary N) is 1. The molecule has 0 spiro atoms. The summed E-state index contributed by atoms with van der Waals surface area (Å²) in [5.74, 6) is 0.878. The van der Waals surface area contributed by atoms with Crippen LogP contribution in [0.4, 0.5) is 5.13 Å². The van der Waals surface area contributed by atoms with E-state index in [1.807, 2.05) is 6.07 Å². The molecule has 3 N–H and O–H groups in total. The van der Waals surface area contributed by atoms with Crippen molar-refractivity contribution in [3.8, 4) is 0 Å². The van der Waals surface area contributed by atoms with Crippen molar-refractivity contribution in [1.82, 2.24) is 10.3 Å². The Bertz CT molecular complexity index is 617. The van der Waals surface area contributed by atoms with E-state index in [0.29, 0.717) is 15.7 Å². The number of carbonyl (C=O) groups is 1. The van der Waals surface area contributed by atoms with Crippen LogP contribution in [0.25, 0.3) is 0 Å². The highest BCUT2D eigenvalue weighted by molar-refractivity contribution is 7.17. The van der Waals surface area contributed by atoms with E-state index in [-0.39, 0.29) is 11.9 Å². The number of amides is 1. The van der Waals surface area contributed by atoms with E-state index < -0.39 is 0 Å². The molecule has 0 radical (unpaired) electrons. The second-order valence-corrected chi connectivity index (χ2v) is 5.71. The van der Waals surface area contributed by atoms with Gasteiger partial charge in [0.2, 0.25) is 0 Å². The highest BCUT2D eigenvalue weighted by atomic mass is 32.1. The van der Waals surface area contributed by atoms with Crippen LogP contribution in [-0.2, 0) is 6.42 Å². The number of carbonyl (C=O) groups excluding carboxylic acids is 1. The largest absolute Gasteiger partial charge is 0.469 e. The molecule has 1 atom stereocenters. The number of hydrogen-bond acceptors (Lipinski definition) is 5. The number of rotatable bonds is 2. The zero-order chi connectivity index (χ0) is 13.4. The fraction of sp³-hybridized carbons (Fsp3) is 0.385. The maximum atomic E-state index is 12.3. The van der Waals surface area contributed by atoms with E-state index in [1.165, 1.54) is 11.3 Å². The van der Waals surface area contributed by atoms with Crippen molar-refractivity contribution in [2.45, 2.75) is 32.2 Å². The minimum Gasteiger partial charge on any atom is -0.469 e. The highest BCUT2D eigenvalue weighted by Crippen LogP contribution is 2.31. The number of nitrogens with two attached hydrogens (primary N) is 1. The molecule has 6 heteroatoms. The summed E-state index contributed by atoms with van der Waals surface area (Å²) >= 11 is 1.23. The Balaban J connectivity index is 1.80. The molecule has 100 valence electrons. The maximum absolute atomic E-state index is 12.3. The van der Waals surface area contributed by atoms with E-state index in [0.717, 1.165) is 30.6 Å². The van der Waals surface area contributed by atoms with E-state index in [2.05, 4.69) is 10.3 Å². The minimum absolute atomic E-state index is 0.0257. The van der Waals surface area contributed by atoms with Gasteiger partial charge in [-0.15, -0.1) is 0 Å². The van der Waals surface area contributed by atoms with Crippen LogP contribution in [0.3, 0.4) is 0 Å². The molecule has 3 rings (SSSR count). The number of hydrogen-bond donors (Lipinski definition) is 2. The molecule has 0 fully saturated rings. The molecule has 2 heterocycles. The lowest BCUT2D eigenvalue weighted by atomic mass is 9.93. The van der Waals surface area contributed by atoms with Crippen molar-refractivity contribution in [1.29, 1.82) is 0 Å². The van der Waals surface area contributed by atoms with Crippen LogP contribution < -0.4 is 11.1 Å². The Hall–Kier alpha value is -1.82. The monoisotopic (exact) mass is 277 g/mol. The zero-order valence-corrected chi connectivity index (χ0v) is 11.4. The SMILES string of the molecule is Cc1nc(N)sc1C(=O)NC1CCCc2occc21. The molecule has 0 saturated carbocycles. The first kappa shape index (κ1) is 12.2. The third-order valence-electron chi connectivity index (χ3n) is 3.38. The number of thiazole rings is 1. The van der Waals surface area contributed by atoms with E-state index in [4.69, 9.17) is 10.2 Å². The van der Waals surface area contributed by atoms with Crippen LogP contribution in [0, 0.1) is 6.92 Å². The van der Waals surface area contributed by atoms with Gasteiger partial charge in [0.25, 0.3) is 5.91 Å². The van der Waals surface area contributed by atoms with Gasteiger partial charge in [0.15, 0.2) is 5.13 Å². The fourth-order valence-electron chi connectivity index (χ4n) is 2.49. The van der Waals surface area contributed by atoms with Crippen LogP contribution in [0.5, 0.6) is 0 Å². The number of aromatic nitrogens is 1. The summed E-state index contributed by atoms with van der Waals surface area (Å²) in [5.41, 5.74) is 7.40. The van der Waals surface area contributed by atoms with Crippen molar-refractivity contribution in [3.05, 3.63) is 34.2 Å². The first-order chi connectivity index (χ1) is 9.15. The zero-order valence-electron chi connectivity index (χ0n) is 10.6. The summed E-state index contributed by atoms with van der Waals surface area (Å²) < 4.78 is 5.42. The molecule has 0 bridgehead atoms. The van der Waals surface area contributed by atoms with Gasteiger partial charge in [0.05, 0.1) is 18.0 Å². The van der Waals surface area contributed by atoms with Crippen LogP contribution in [0.2, 0.25) is 0 Å². The summed E-state index contributed by atoms with van der Waals surface area (Å²) in [4.78, 5) is 16.9. The quantitative estimate of drug-likeness (QED) is 0.883. The number of anilines is 1. The van der Waals surface area contributed by atoms with Gasteiger partial charge < -0.3 is 15.5 Å². The summed E-state index contributed by atoms with van der Waals surface area (Å²) in [7, 11) is 0. The number of furan rings is 1. The molecule has 2 aromatic heterocycles. The Kier molecular flexibility index (Phi) is 3.02. The third-order valence-corrected chi connectivity index (χ3v) is 4.36. The number of nitrogens with zero attached hydrogens (tertiary/aromatic N) is 1. The molecule has 2 aromatic rings. The van der Waals surface area contributed by atoms with Gasteiger partial charge in [-0.1, -0.05) is 11.3 Å². The van der Waals surface area contributed by atoms with Crippen molar-refractivity contribution in [2.24, 2.45) is 0 Å². The fourth-order valence-corrected chi connectivity index (χ4v) is 3.22. The Morgan fingerprint density at radius 1 is 1.63 bits per heavy atom. The topological polar surface area (TPSA) is 81.1 Å². The molecule has 0 aromatic carbocycles. The second kappa shape index (κ2) is 4.70. The van der Waals surface area contributed by atoms with Crippen molar-refractivity contribution >= 4 is 22.4 Å². The van der Waals surface area contributed by atoms with E-state index in [1.54, 1.807) is 13.2 Å². The standard InChI is InChI=1S/C13H15N3O2S/c1-7-11(19-13(14)15-7)12(17)16-9-3-2-4-10-8(9)5-6-18-10/h5-6,9H,2-4H2,1H3,(H2,14,15)(H,16,17). The molecular formula is C13H15N3O2S. The Morgan fingerprint density at radius 2 is 2.47 bits per heavy atom. The molecule has 1 aliphatic rings. The van der Waals surface area contributed by atoms with Crippen LogP contribution in [0.1, 0.15) is 45.6 Å². The predicted molar refractivity (Wildman–Crippen MR) is 73.1 cm³/mol. The minimum atomic E-state index is -0.106. The van der Waals surface area contributed by atoms with Crippen molar-refractivity contribution in [2.75, 3.05) is 5.73 Å². The summed E-state index contributed by atoms with van der Waals surface area (Å²) in [6.07, 6.45) is 4.59. The van der Waals surface area contributed by atoms with Gasteiger partial charge >= 0.3 is 0 Å². The van der Waals surface area contributed by atoms with Crippen LogP contribution in [0.15, 0.2) is 16.7 Å². The number of fused-ring (bicyclic) bond motifs is 1. The number of nitrogen functional groups attached to an aromatic ring is 1. The van der Waals surface area contributed by atoms with Gasteiger partial charge in [-0.05, 0) is 25.8 Å². The van der Waals surface area contributed by atoms with Gasteiger partial charge in [-0.25, -0.2) is 4.98 Å².